The number of ether oxygens (including phenoxy) is 1. The lowest BCUT2D eigenvalue weighted by atomic mass is 9.83. The van der Waals surface area contributed by atoms with E-state index in [0.717, 1.165) is 32.4 Å². The monoisotopic (exact) mass is 296 g/mol. The van der Waals surface area contributed by atoms with Crippen LogP contribution in [0, 0.1) is 5.92 Å². The highest BCUT2D eigenvalue weighted by Gasteiger charge is 2.23. The van der Waals surface area contributed by atoms with Crippen LogP contribution in [0.15, 0.2) is 0 Å². The highest BCUT2D eigenvalue weighted by Crippen LogP contribution is 2.27. The molecule has 1 heterocycles. The van der Waals surface area contributed by atoms with E-state index in [4.69, 9.17) is 4.74 Å². The molecule has 1 unspecified atom stereocenters. The molecule has 1 saturated carbocycles. The second-order valence-corrected chi connectivity index (χ2v) is 6.55. The zero-order chi connectivity index (χ0) is 14.9. The molecule has 1 atom stereocenters. The predicted molar refractivity (Wildman–Crippen MR) is 85.3 cm³/mol. The van der Waals surface area contributed by atoms with Crippen molar-refractivity contribution < 1.29 is 9.53 Å². The molecular formula is C17H32N2O2. The van der Waals surface area contributed by atoms with Gasteiger partial charge in [0.1, 0.15) is 0 Å². The molecule has 21 heavy (non-hydrogen) atoms. The minimum Gasteiger partial charge on any atom is -0.378 e. The Morgan fingerprint density at radius 1 is 1.19 bits per heavy atom. The summed E-state index contributed by atoms with van der Waals surface area (Å²) in [4.78, 5) is 12.1. The maximum atomic E-state index is 12.1. The van der Waals surface area contributed by atoms with E-state index >= 15 is 0 Å². The molecule has 0 aromatic heterocycles. The van der Waals surface area contributed by atoms with E-state index < -0.39 is 0 Å². The Labute approximate surface area is 129 Å². The smallest absolute Gasteiger partial charge is 0.222 e. The molecule has 0 spiro atoms. The minimum atomic E-state index is 0.168. The lowest BCUT2D eigenvalue weighted by Crippen LogP contribution is -2.41. The van der Waals surface area contributed by atoms with Gasteiger partial charge in [0.25, 0.3) is 0 Å². The van der Waals surface area contributed by atoms with Gasteiger partial charge in [0, 0.05) is 12.5 Å². The van der Waals surface area contributed by atoms with Crippen LogP contribution in [0.4, 0.5) is 0 Å². The molecule has 0 bridgehead atoms. The fourth-order valence-corrected chi connectivity index (χ4v) is 3.65. The highest BCUT2D eigenvalue weighted by atomic mass is 16.5. The third-order valence-electron chi connectivity index (χ3n) is 4.97. The Morgan fingerprint density at radius 3 is 2.57 bits per heavy atom. The van der Waals surface area contributed by atoms with Crippen molar-refractivity contribution in [3.8, 4) is 0 Å². The van der Waals surface area contributed by atoms with Crippen LogP contribution in [0.3, 0.4) is 0 Å². The SMILES string of the molecule is CCC(NC(=O)CCOC1CCNCC1)C1CCCCC1. The summed E-state index contributed by atoms with van der Waals surface area (Å²) < 4.78 is 5.81. The van der Waals surface area contributed by atoms with Crippen LogP contribution in [0.1, 0.15) is 64.7 Å². The Kier molecular flexibility index (Phi) is 7.51. The fourth-order valence-electron chi connectivity index (χ4n) is 3.65. The molecule has 1 amide bonds. The molecule has 122 valence electrons. The second-order valence-electron chi connectivity index (χ2n) is 6.55. The molecule has 2 N–H and O–H groups in total. The van der Waals surface area contributed by atoms with Crippen molar-refractivity contribution in [2.75, 3.05) is 19.7 Å². The maximum absolute atomic E-state index is 12.1. The Balaban J connectivity index is 1.62. The van der Waals surface area contributed by atoms with Gasteiger partial charge in [-0.25, -0.2) is 0 Å². The van der Waals surface area contributed by atoms with E-state index in [-0.39, 0.29) is 5.91 Å². The molecular weight excluding hydrogens is 264 g/mol. The van der Waals surface area contributed by atoms with Crippen molar-refractivity contribution in [1.29, 1.82) is 0 Å². The number of hydrogen-bond donors (Lipinski definition) is 2. The van der Waals surface area contributed by atoms with Gasteiger partial charge < -0.3 is 15.4 Å². The van der Waals surface area contributed by atoms with Crippen LogP contribution < -0.4 is 10.6 Å². The summed E-state index contributed by atoms with van der Waals surface area (Å²) in [6.07, 6.45) is 10.6. The third kappa shape index (κ3) is 5.95. The summed E-state index contributed by atoms with van der Waals surface area (Å²) in [5, 5.41) is 6.57. The molecule has 2 fully saturated rings. The normalized spacial score (nSPS) is 22.9. The summed E-state index contributed by atoms with van der Waals surface area (Å²) in [6, 6.07) is 0.372. The largest absolute Gasteiger partial charge is 0.378 e. The van der Waals surface area contributed by atoms with Crippen molar-refractivity contribution in [2.45, 2.75) is 76.9 Å². The Morgan fingerprint density at radius 2 is 1.90 bits per heavy atom. The van der Waals surface area contributed by atoms with Gasteiger partial charge in [-0.15, -0.1) is 0 Å². The van der Waals surface area contributed by atoms with Crippen molar-refractivity contribution in [1.82, 2.24) is 10.6 Å². The summed E-state index contributed by atoms with van der Waals surface area (Å²) >= 11 is 0. The number of piperidine rings is 1. The molecule has 0 aromatic rings. The summed E-state index contributed by atoms with van der Waals surface area (Å²) in [5.41, 5.74) is 0. The Hall–Kier alpha value is -0.610. The molecule has 1 saturated heterocycles. The minimum absolute atomic E-state index is 0.168. The molecule has 4 nitrogen and oxygen atoms in total. The average molecular weight is 296 g/mol. The first-order valence-electron chi connectivity index (χ1n) is 8.91. The fraction of sp³-hybridized carbons (Fsp3) is 0.941. The second kappa shape index (κ2) is 9.42. The van der Waals surface area contributed by atoms with Gasteiger partial charge in [0.2, 0.25) is 5.91 Å². The maximum Gasteiger partial charge on any atom is 0.222 e. The van der Waals surface area contributed by atoms with Gasteiger partial charge in [-0.2, -0.15) is 0 Å². The average Bonchev–Trinajstić information content (AvgIpc) is 2.54. The number of amides is 1. The van der Waals surface area contributed by atoms with Crippen molar-refractivity contribution in [3.05, 3.63) is 0 Å². The third-order valence-corrected chi connectivity index (χ3v) is 4.97. The van der Waals surface area contributed by atoms with E-state index in [1.165, 1.54) is 32.1 Å². The topological polar surface area (TPSA) is 50.4 Å². The quantitative estimate of drug-likeness (QED) is 0.759. The van der Waals surface area contributed by atoms with Crippen LogP contribution in [-0.4, -0.2) is 37.7 Å². The lowest BCUT2D eigenvalue weighted by Gasteiger charge is -2.30. The molecule has 4 heteroatoms. The zero-order valence-electron chi connectivity index (χ0n) is 13.5. The predicted octanol–water partition coefficient (Wildman–Crippen LogP) is 2.62. The number of rotatable bonds is 7. The number of nitrogens with one attached hydrogen (secondary N) is 2. The van der Waals surface area contributed by atoms with Crippen LogP contribution in [0.2, 0.25) is 0 Å². The lowest BCUT2D eigenvalue weighted by molar-refractivity contribution is -0.124. The highest BCUT2D eigenvalue weighted by molar-refractivity contribution is 5.76. The van der Waals surface area contributed by atoms with E-state index in [1.54, 1.807) is 0 Å². The first-order valence-corrected chi connectivity index (χ1v) is 8.91. The van der Waals surface area contributed by atoms with Gasteiger partial charge in [0.05, 0.1) is 12.7 Å². The summed E-state index contributed by atoms with van der Waals surface area (Å²) in [5.74, 6) is 0.861. The molecule has 2 rings (SSSR count). The van der Waals surface area contributed by atoms with Crippen molar-refractivity contribution >= 4 is 5.91 Å². The summed E-state index contributed by atoms with van der Waals surface area (Å²) in [6.45, 7) is 4.83. The molecule has 1 aliphatic heterocycles. The van der Waals surface area contributed by atoms with E-state index in [1.807, 2.05) is 0 Å². The first-order chi connectivity index (χ1) is 10.3. The van der Waals surface area contributed by atoms with Gasteiger partial charge in [-0.1, -0.05) is 26.2 Å². The van der Waals surface area contributed by atoms with Crippen LogP contribution in [-0.2, 0) is 9.53 Å². The molecule has 2 aliphatic rings. The van der Waals surface area contributed by atoms with Crippen molar-refractivity contribution in [3.63, 3.8) is 0 Å². The van der Waals surface area contributed by atoms with Crippen molar-refractivity contribution in [2.24, 2.45) is 5.92 Å². The van der Waals surface area contributed by atoms with Gasteiger partial charge >= 0.3 is 0 Å². The van der Waals surface area contributed by atoms with Gasteiger partial charge in [0.15, 0.2) is 0 Å². The van der Waals surface area contributed by atoms with Crippen LogP contribution in [0.5, 0.6) is 0 Å². The Bertz CT molecular complexity index is 297. The van der Waals surface area contributed by atoms with E-state index in [2.05, 4.69) is 17.6 Å². The zero-order valence-corrected chi connectivity index (χ0v) is 13.5. The van der Waals surface area contributed by atoms with E-state index in [9.17, 15) is 4.79 Å². The van der Waals surface area contributed by atoms with Gasteiger partial charge in [-0.05, 0) is 51.1 Å². The number of carbonyl (C=O) groups excluding carboxylic acids is 1. The molecule has 0 aromatic carbocycles. The molecule has 1 aliphatic carbocycles. The standard InChI is InChI=1S/C17H32N2O2/c1-2-16(14-6-4-3-5-7-14)19-17(20)10-13-21-15-8-11-18-12-9-15/h14-16,18H,2-13H2,1H3,(H,19,20). The number of hydrogen-bond acceptors (Lipinski definition) is 3. The van der Waals surface area contributed by atoms with E-state index in [0.29, 0.717) is 31.1 Å². The van der Waals surface area contributed by atoms with Gasteiger partial charge in [-0.3, -0.25) is 4.79 Å². The number of carbonyl (C=O) groups is 1. The van der Waals surface area contributed by atoms with Crippen LogP contribution in [0.25, 0.3) is 0 Å². The first kappa shape index (κ1) is 16.8. The van der Waals surface area contributed by atoms with Crippen LogP contribution >= 0.6 is 0 Å². The summed E-state index contributed by atoms with van der Waals surface area (Å²) in [7, 11) is 0. The molecule has 0 radical (unpaired) electrons.